The van der Waals surface area contributed by atoms with Gasteiger partial charge >= 0.3 is 0 Å². The van der Waals surface area contributed by atoms with Gasteiger partial charge in [-0.1, -0.05) is 18.2 Å². The summed E-state index contributed by atoms with van der Waals surface area (Å²) in [6, 6.07) is 17.0. The Bertz CT molecular complexity index is 740. The van der Waals surface area contributed by atoms with Crippen LogP contribution >= 0.6 is 11.8 Å². The molecule has 1 aliphatic heterocycles. The van der Waals surface area contributed by atoms with E-state index in [4.69, 9.17) is 4.42 Å². The molecule has 0 amide bonds. The minimum absolute atomic E-state index is 0.362. The van der Waals surface area contributed by atoms with Gasteiger partial charge in [-0.15, -0.1) is 22.0 Å². The zero-order chi connectivity index (χ0) is 14.1. The summed E-state index contributed by atoms with van der Waals surface area (Å²) in [4.78, 5) is 1.37. The SMILES string of the molecule is c1ccc2c(c1)SCC2Nc1ccc(-c2nnco2)cc1. The van der Waals surface area contributed by atoms with Crippen LogP contribution in [0.1, 0.15) is 11.6 Å². The minimum atomic E-state index is 0.362. The number of hydrogen-bond donors (Lipinski definition) is 1. The fourth-order valence-electron chi connectivity index (χ4n) is 2.49. The molecule has 2 aromatic carbocycles. The molecule has 104 valence electrons. The van der Waals surface area contributed by atoms with Crippen LogP contribution in [0.4, 0.5) is 5.69 Å². The van der Waals surface area contributed by atoms with Crippen LogP contribution in [-0.4, -0.2) is 16.0 Å². The number of rotatable bonds is 3. The molecule has 0 spiro atoms. The monoisotopic (exact) mass is 295 g/mol. The van der Waals surface area contributed by atoms with Crippen LogP contribution in [-0.2, 0) is 0 Å². The number of fused-ring (bicyclic) bond motifs is 1. The molecule has 1 unspecified atom stereocenters. The molecule has 0 saturated heterocycles. The lowest BCUT2D eigenvalue weighted by Crippen LogP contribution is -2.09. The van der Waals surface area contributed by atoms with Gasteiger partial charge in [0.15, 0.2) is 0 Å². The van der Waals surface area contributed by atoms with Crippen molar-refractivity contribution in [2.24, 2.45) is 0 Å². The van der Waals surface area contributed by atoms with E-state index in [1.807, 2.05) is 36.0 Å². The molecule has 1 atom stereocenters. The summed E-state index contributed by atoms with van der Waals surface area (Å²) >= 11 is 1.90. The molecule has 4 nitrogen and oxygen atoms in total. The van der Waals surface area contributed by atoms with Crippen molar-refractivity contribution in [3.63, 3.8) is 0 Å². The standard InChI is InChI=1S/C16H13N3OS/c1-2-4-15-13(3-1)14(9-21-15)18-12-7-5-11(6-8-12)16-19-17-10-20-16/h1-8,10,14,18H,9H2. The Balaban J connectivity index is 1.53. The van der Waals surface area contributed by atoms with E-state index >= 15 is 0 Å². The second-order valence-corrected chi connectivity index (χ2v) is 5.93. The summed E-state index contributed by atoms with van der Waals surface area (Å²) in [6.45, 7) is 0. The van der Waals surface area contributed by atoms with E-state index < -0.39 is 0 Å². The van der Waals surface area contributed by atoms with Gasteiger partial charge in [0.1, 0.15) is 0 Å². The third-order valence-electron chi connectivity index (χ3n) is 3.53. The summed E-state index contributed by atoms with van der Waals surface area (Å²) in [5.74, 6) is 1.61. The average molecular weight is 295 g/mol. The van der Waals surface area contributed by atoms with Crippen molar-refractivity contribution >= 4 is 17.4 Å². The van der Waals surface area contributed by atoms with Crippen LogP contribution in [0.2, 0.25) is 0 Å². The second-order valence-electron chi connectivity index (χ2n) is 4.87. The second kappa shape index (κ2) is 5.26. The number of thioether (sulfide) groups is 1. The van der Waals surface area contributed by atoms with E-state index in [9.17, 15) is 0 Å². The quantitative estimate of drug-likeness (QED) is 0.791. The molecule has 0 fully saturated rings. The molecule has 5 heteroatoms. The van der Waals surface area contributed by atoms with Gasteiger partial charge in [-0.3, -0.25) is 0 Å². The molecule has 21 heavy (non-hydrogen) atoms. The van der Waals surface area contributed by atoms with Gasteiger partial charge in [0.2, 0.25) is 12.3 Å². The highest BCUT2D eigenvalue weighted by molar-refractivity contribution is 7.99. The minimum Gasteiger partial charge on any atom is -0.423 e. The lowest BCUT2D eigenvalue weighted by molar-refractivity contribution is 0.568. The molecule has 0 aliphatic carbocycles. The fraction of sp³-hybridized carbons (Fsp3) is 0.125. The summed E-state index contributed by atoms with van der Waals surface area (Å²) in [6.07, 6.45) is 1.34. The summed E-state index contributed by atoms with van der Waals surface area (Å²) in [5, 5.41) is 11.2. The van der Waals surface area contributed by atoms with Crippen LogP contribution in [0.5, 0.6) is 0 Å². The van der Waals surface area contributed by atoms with Crippen LogP contribution in [0, 0.1) is 0 Å². The van der Waals surface area contributed by atoms with Crippen LogP contribution < -0.4 is 5.32 Å². The molecule has 2 heterocycles. The predicted octanol–water partition coefficient (Wildman–Crippen LogP) is 4.00. The maximum absolute atomic E-state index is 5.19. The average Bonchev–Trinajstić information content (AvgIpc) is 3.19. The molecular weight excluding hydrogens is 282 g/mol. The Morgan fingerprint density at radius 1 is 1.10 bits per heavy atom. The van der Waals surface area contributed by atoms with E-state index in [-0.39, 0.29) is 0 Å². The first kappa shape index (κ1) is 12.5. The normalized spacial score (nSPS) is 16.7. The first-order valence-corrected chi connectivity index (χ1v) is 7.73. The molecule has 0 radical (unpaired) electrons. The summed E-state index contributed by atoms with van der Waals surface area (Å²) in [7, 11) is 0. The van der Waals surface area contributed by atoms with Crippen LogP contribution in [0.3, 0.4) is 0 Å². The summed E-state index contributed by atoms with van der Waals surface area (Å²) < 4.78 is 5.19. The highest BCUT2D eigenvalue weighted by atomic mass is 32.2. The number of benzene rings is 2. The molecule has 4 rings (SSSR count). The molecule has 1 aliphatic rings. The zero-order valence-electron chi connectivity index (χ0n) is 11.2. The number of nitrogens with zero attached hydrogens (tertiary/aromatic N) is 2. The van der Waals surface area contributed by atoms with Gasteiger partial charge in [0, 0.05) is 21.9 Å². The number of anilines is 1. The van der Waals surface area contributed by atoms with Gasteiger partial charge in [-0.05, 0) is 35.9 Å². The first-order valence-electron chi connectivity index (χ1n) is 6.75. The number of nitrogens with one attached hydrogen (secondary N) is 1. The van der Waals surface area contributed by atoms with Crippen molar-refractivity contribution < 1.29 is 4.42 Å². The maximum atomic E-state index is 5.19. The molecule has 0 bridgehead atoms. The molecule has 0 saturated carbocycles. The Hall–Kier alpha value is -2.27. The highest BCUT2D eigenvalue weighted by Crippen LogP contribution is 2.39. The predicted molar refractivity (Wildman–Crippen MR) is 83.3 cm³/mol. The molecule has 3 aromatic rings. The Labute approximate surface area is 126 Å². The molecule has 1 N–H and O–H groups in total. The molecule has 1 aromatic heterocycles. The van der Waals surface area contributed by atoms with Crippen molar-refractivity contribution in [2.75, 3.05) is 11.1 Å². The van der Waals surface area contributed by atoms with Crippen molar-refractivity contribution in [1.29, 1.82) is 0 Å². The van der Waals surface area contributed by atoms with Gasteiger partial charge in [-0.25, -0.2) is 0 Å². The lowest BCUT2D eigenvalue weighted by atomic mass is 10.1. The van der Waals surface area contributed by atoms with Gasteiger partial charge in [0.25, 0.3) is 0 Å². The van der Waals surface area contributed by atoms with Crippen LogP contribution in [0.15, 0.2) is 64.2 Å². The van der Waals surface area contributed by atoms with Gasteiger partial charge in [0.05, 0.1) is 6.04 Å². The highest BCUT2D eigenvalue weighted by Gasteiger charge is 2.22. The van der Waals surface area contributed by atoms with E-state index in [2.05, 4.69) is 39.8 Å². The van der Waals surface area contributed by atoms with E-state index in [1.165, 1.54) is 16.9 Å². The smallest absolute Gasteiger partial charge is 0.247 e. The third kappa shape index (κ3) is 2.40. The number of aromatic nitrogens is 2. The van der Waals surface area contributed by atoms with E-state index in [0.29, 0.717) is 11.9 Å². The number of hydrogen-bond acceptors (Lipinski definition) is 5. The zero-order valence-corrected chi connectivity index (χ0v) is 12.0. The largest absolute Gasteiger partial charge is 0.423 e. The lowest BCUT2D eigenvalue weighted by Gasteiger charge is -2.14. The fourth-order valence-corrected chi connectivity index (χ4v) is 3.65. The van der Waals surface area contributed by atoms with Gasteiger partial charge in [-0.2, -0.15) is 0 Å². The maximum Gasteiger partial charge on any atom is 0.247 e. The third-order valence-corrected chi connectivity index (χ3v) is 4.72. The van der Waals surface area contributed by atoms with Crippen LogP contribution in [0.25, 0.3) is 11.5 Å². The Morgan fingerprint density at radius 2 is 1.95 bits per heavy atom. The summed E-state index contributed by atoms with van der Waals surface area (Å²) in [5.41, 5.74) is 3.41. The van der Waals surface area contributed by atoms with Crippen molar-refractivity contribution in [2.45, 2.75) is 10.9 Å². The Morgan fingerprint density at radius 3 is 2.76 bits per heavy atom. The van der Waals surface area contributed by atoms with Crippen molar-refractivity contribution in [3.8, 4) is 11.5 Å². The van der Waals surface area contributed by atoms with E-state index in [1.54, 1.807) is 0 Å². The van der Waals surface area contributed by atoms with E-state index in [0.717, 1.165) is 17.0 Å². The van der Waals surface area contributed by atoms with Crippen molar-refractivity contribution in [1.82, 2.24) is 10.2 Å². The molecular formula is C16H13N3OS. The topological polar surface area (TPSA) is 51.0 Å². The first-order chi connectivity index (χ1) is 10.4. The van der Waals surface area contributed by atoms with Gasteiger partial charge < -0.3 is 9.73 Å². The Kier molecular flexibility index (Phi) is 3.12. The van der Waals surface area contributed by atoms with Crippen molar-refractivity contribution in [3.05, 3.63) is 60.5 Å².